The largest absolute Gasteiger partial charge is 0.425 e. The molecule has 0 spiro atoms. The zero-order valence-corrected chi connectivity index (χ0v) is 25.1. The third-order valence-electron chi connectivity index (χ3n) is 13.4. The summed E-state index contributed by atoms with van der Waals surface area (Å²) < 4.78 is 6.17. The Bertz CT molecular complexity index is 1330. The second-order valence-corrected chi connectivity index (χ2v) is 15.9. The van der Waals surface area contributed by atoms with E-state index in [4.69, 9.17) is 11.0 Å². The van der Waals surface area contributed by atoms with Crippen LogP contribution in [-0.4, -0.2) is 21.8 Å². The Labute approximate surface area is 233 Å². The van der Waals surface area contributed by atoms with E-state index in [1.165, 1.54) is 0 Å². The lowest BCUT2D eigenvalue weighted by atomic mass is 9.31. The van der Waals surface area contributed by atoms with E-state index in [1.807, 2.05) is 26.8 Å². The highest BCUT2D eigenvalue weighted by molar-refractivity contribution is 6.02. The van der Waals surface area contributed by atoms with E-state index >= 15 is 0 Å². The quantitative estimate of drug-likeness (QED) is 0.356. The second kappa shape index (κ2) is 7.92. The molecule has 39 heavy (non-hydrogen) atoms. The first-order valence-electron chi connectivity index (χ1n) is 15.0. The number of nitrogens with zero attached hydrogens (tertiary/aromatic N) is 3. The number of ketones is 2. The van der Waals surface area contributed by atoms with E-state index in [0.717, 1.165) is 50.8 Å². The minimum Gasteiger partial charge on any atom is -0.425 e. The summed E-state index contributed by atoms with van der Waals surface area (Å²) in [7, 11) is 0. The lowest BCUT2D eigenvalue weighted by Crippen LogP contribution is -2.69. The molecule has 6 nitrogen and oxygen atoms in total. The molecule has 0 aromatic carbocycles. The van der Waals surface area contributed by atoms with Gasteiger partial charge in [0.05, 0.1) is 12.0 Å². The number of fused-ring (bicyclic) bond motifs is 7. The molecule has 0 saturated heterocycles. The summed E-state index contributed by atoms with van der Waals surface area (Å²) in [6.45, 7) is 25.5. The summed E-state index contributed by atoms with van der Waals surface area (Å²) in [6.07, 6.45) is 9.46. The molecule has 1 aromatic heterocycles. The van der Waals surface area contributed by atoms with Crippen molar-refractivity contribution in [3.05, 3.63) is 35.0 Å². The van der Waals surface area contributed by atoms with Gasteiger partial charge < -0.3 is 9.21 Å². The van der Waals surface area contributed by atoms with E-state index in [1.54, 1.807) is 0 Å². The lowest BCUT2D eigenvalue weighted by Gasteiger charge is -2.71. The zero-order valence-electron chi connectivity index (χ0n) is 25.1. The molecule has 0 amide bonds. The molecule has 8 atom stereocenters. The highest BCUT2D eigenvalue weighted by Gasteiger charge is 2.72. The number of aromatic nitrogens is 2. The van der Waals surface area contributed by atoms with Crippen LogP contribution in [0.15, 0.2) is 16.2 Å². The Morgan fingerprint density at radius 1 is 0.923 bits per heavy atom. The van der Waals surface area contributed by atoms with Crippen LogP contribution in [-0.2, 0) is 15.0 Å². The number of carbonyl (C=O) groups excluding carboxylic acids is 2. The standard InChI is InChI=1S/C33H45N3O3/c1-19-35-36-27(39-19)33-14-12-28(2,3)17-20(33)25-22(37)16-24-30(6)18-21(34-9)26(38)29(4,5)23(30)10-11-31(24,7)32(25,8)13-15-33/h18,20,23-25H,10-17H2,1-8H3/t20-,23-,24+,25-,30-,31+,32+,33-/m0/s1. The molecule has 0 aliphatic heterocycles. The normalized spacial score (nSPS) is 46.2. The van der Waals surface area contributed by atoms with Gasteiger partial charge in [0, 0.05) is 24.7 Å². The van der Waals surface area contributed by atoms with Gasteiger partial charge in [0.1, 0.15) is 5.78 Å². The predicted molar refractivity (Wildman–Crippen MR) is 148 cm³/mol. The van der Waals surface area contributed by atoms with Crippen LogP contribution in [0.1, 0.15) is 112 Å². The monoisotopic (exact) mass is 531 g/mol. The Morgan fingerprint density at radius 2 is 1.62 bits per heavy atom. The lowest BCUT2D eigenvalue weighted by molar-refractivity contribution is -0.215. The molecule has 0 radical (unpaired) electrons. The van der Waals surface area contributed by atoms with Gasteiger partial charge in [-0.05, 0) is 84.4 Å². The zero-order chi connectivity index (χ0) is 28.4. The van der Waals surface area contributed by atoms with Crippen molar-refractivity contribution in [1.82, 2.24) is 10.2 Å². The summed E-state index contributed by atoms with van der Waals surface area (Å²) >= 11 is 0. The van der Waals surface area contributed by atoms with E-state index in [-0.39, 0.29) is 62.2 Å². The van der Waals surface area contributed by atoms with E-state index in [9.17, 15) is 9.59 Å². The van der Waals surface area contributed by atoms with Gasteiger partial charge in [-0.25, -0.2) is 4.85 Å². The van der Waals surface area contributed by atoms with Gasteiger partial charge in [0.25, 0.3) is 0 Å². The molecule has 0 bridgehead atoms. The highest BCUT2D eigenvalue weighted by atomic mass is 16.4. The molecular formula is C33H45N3O3. The molecule has 1 aromatic rings. The maximum Gasteiger partial charge on any atom is 0.226 e. The van der Waals surface area contributed by atoms with Crippen molar-refractivity contribution in [2.45, 2.75) is 112 Å². The number of aryl methyl sites for hydroxylation is 1. The fourth-order valence-corrected chi connectivity index (χ4v) is 11.1. The summed E-state index contributed by atoms with van der Waals surface area (Å²) in [4.78, 5) is 31.7. The average molecular weight is 532 g/mol. The van der Waals surface area contributed by atoms with E-state index in [2.05, 4.69) is 49.7 Å². The number of hydrogen-bond donors (Lipinski definition) is 0. The summed E-state index contributed by atoms with van der Waals surface area (Å²) in [5.41, 5.74) is -1.02. The van der Waals surface area contributed by atoms with Gasteiger partial charge >= 0.3 is 0 Å². The van der Waals surface area contributed by atoms with Crippen LogP contribution in [0.2, 0.25) is 0 Å². The SMILES string of the molecule is [C-]#[N+]C1=C[C@]2(C)[C@H]3CC(=O)[C@@H]4[C@@H]5CC(C)(C)CC[C@]5(c5nnc(C)o5)CC[C@@]4(C)[C@]3(C)CC[C@H]2C(C)(C)C1=O. The van der Waals surface area contributed by atoms with Crippen LogP contribution in [0, 0.1) is 64.2 Å². The first-order chi connectivity index (χ1) is 18.1. The van der Waals surface area contributed by atoms with Crippen molar-refractivity contribution in [2.75, 3.05) is 0 Å². The molecule has 6 heteroatoms. The minimum absolute atomic E-state index is 0.0310. The third kappa shape index (κ3) is 3.25. The molecule has 4 fully saturated rings. The molecule has 1 heterocycles. The maximum atomic E-state index is 14.7. The second-order valence-electron chi connectivity index (χ2n) is 15.9. The van der Waals surface area contributed by atoms with E-state index in [0.29, 0.717) is 18.1 Å². The number of Topliss-reactive ketones (excluding diaryl/α,β-unsaturated/α-hetero) is 2. The molecule has 0 unspecified atom stereocenters. The number of hydrogen-bond acceptors (Lipinski definition) is 5. The highest BCUT2D eigenvalue weighted by Crippen LogP contribution is 2.75. The molecule has 210 valence electrons. The Hall–Kier alpha value is -2.29. The van der Waals surface area contributed by atoms with Gasteiger partial charge in [0.2, 0.25) is 17.5 Å². The molecule has 6 rings (SSSR count). The van der Waals surface area contributed by atoms with Crippen LogP contribution >= 0.6 is 0 Å². The predicted octanol–water partition coefficient (Wildman–Crippen LogP) is 7.28. The van der Waals surface area contributed by atoms with Crippen LogP contribution in [0.3, 0.4) is 0 Å². The number of allylic oxidation sites excluding steroid dienone is 2. The molecule has 4 saturated carbocycles. The Balaban J connectivity index is 1.49. The van der Waals surface area contributed by atoms with Crippen LogP contribution < -0.4 is 0 Å². The van der Waals surface area contributed by atoms with Gasteiger partial charge in [0.15, 0.2) is 5.78 Å². The molecule has 0 N–H and O–H groups in total. The summed E-state index contributed by atoms with van der Waals surface area (Å²) in [5.74, 6) is 2.05. The Morgan fingerprint density at radius 3 is 2.26 bits per heavy atom. The van der Waals surface area contributed by atoms with Gasteiger partial charge in [-0.3, -0.25) is 4.79 Å². The first-order valence-corrected chi connectivity index (χ1v) is 15.0. The van der Waals surface area contributed by atoms with Crippen LogP contribution in [0.5, 0.6) is 0 Å². The van der Waals surface area contributed by atoms with E-state index < -0.39 is 5.41 Å². The number of carbonyl (C=O) groups is 2. The van der Waals surface area contributed by atoms with Crippen molar-refractivity contribution in [3.63, 3.8) is 0 Å². The summed E-state index contributed by atoms with van der Waals surface area (Å²) in [5, 5.41) is 8.82. The smallest absolute Gasteiger partial charge is 0.226 e. The molecule has 5 aliphatic carbocycles. The van der Waals surface area contributed by atoms with Crippen molar-refractivity contribution < 1.29 is 14.0 Å². The van der Waals surface area contributed by atoms with Crippen LogP contribution in [0.4, 0.5) is 0 Å². The third-order valence-corrected chi connectivity index (χ3v) is 13.4. The summed E-state index contributed by atoms with van der Waals surface area (Å²) in [6, 6.07) is 0. The molecular weight excluding hydrogens is 486 g/mol. The van der Waals surface area contributed by atoms with Crippen molar-refractivity contribution in [2.24, 2.45) is 50.7 Å². The maximum absolute atomic E-state index is 14.7. The fraction of sp³-hybridized carbons (Fsp3) is 0.788. The van der Waals surface area contributed by atoms with Crippen molar-refractivity contribution in [1.29, 1.82) is 0 Å². The number of rotatable bonds is 1. The van der Waals surface area contributed by atoms with Gasteiger partial charge in [-0.15, -0.1) is 10.2 Å². The average Bonchev–Trinajstić information content (AvgIpc) is 3.29. The van der Waals surface area contributed by atoms with Gasteiger partial charge in [-0.1, -0.05) is 54.5 Å². The van der Waals surface area contributed by atoms with Gasteiger partial charge in [-0.2, -0.15) is 0 Å². The topological polar surface area (TPSA) is 77.4 Å². The molecule has 5 aliphatic rings. The van der Waals surface area contributed by atoms with Crippen molar-refractivity contribution >= 4 is 11.6 Å². The Kier molecular flexibility index (Phi) is 5.46. The first kappa shape index (κ1) is 26.9. The minimum atomic E-state index is -0.601. The van der Waals surface area contributed by atoms with Crippen LogP contribution in [0.25, 0.3) is 4.85 Å². The van der Waals surface area contributed by atoms with Crippen molar-refractivity contribution in [3.8, 4) is 0 Å². The fourth-order valence-electron chi connectivity index (χ4n) is 11.1.